The maximum Gasteiger partial charge on any atom is 0.0662 e. The topological polar surface area (TPSA) is 49.3 Å². The van der Waals surface area contributed by atoms with E-state index in [1.807, 2.05) is 13.8 Å². The van der Waals surface area contributed by atoms with Gasteiger partial charge < -0.3 is 10.4 Å². The fourth-order valence-electron chi connectivity index (χ4n) is 0.893. The molecule has 0 radical (unpaired) electrons. The highest BCUT2D eigenvalue weighted by Gasteiger charge is 2.05. The van der Waals surface area contributed by atoms with Gasteiger partial charge in [-0.25, -0.2) is 0 Å². The van der Waals surface area contributed by atoms with Crippen molar-refractivity contribution in [3.8, 4) is 0 Å². The Morgan fingerprint density at radius 3 is 2.58 bits per heavy atom. The van der Waals surface area contributed by atoms with Crippen LogP contribution in [-0.2, 0) is 10.8 Å². The van der Waals surface area contributed by atoms with E-state index in [2.05, 4.69) is 5.32 Å². The molecule has 0 aromatic carbocycles. The van der Waals surface area contributed by atoms with Gasteiger partial charge >= 0.3 is 0 Å². The second-order valence-electron chi connectivity index (χ2n) is 3.11. The molecule has 3 atom stereocenters. The summed E-state index contributed by atoms with van der Waals surface area (Å²) in [6.45, 7) is 4.51. The third kappa shape index (κ3) is 6.76. The first-order valence-corrected chi connectivity index (χ1v) is 6.00. The molecule has 0 aromatic rings. The average Bonchev–Trinajstić information content (AvgIpc) is 1.99. The molecule has 0 amide bonds. The van der Waals surface area contributed by atoms with Gasteiger partial charge in [0.15, 0.2) is 0 Å². The minimum Gasteiger partial charge on any atom is -0.392 e. The summed E-state index contributed by atoms with van der Waals surface area (Å²) in [6, 6.07) is 0.219. The Morgan fingerprint density at radius 2 is 2.17 bits per heavy atom. The zero-order chi connectivity index (χ0) is 9.56. The summed E-state index contributed by atoms with van der Waals surface area (Å²) in [5.74, 6) is 0.649. The van der Waals surface area contributed by atoms with Crippen molar-refractivity contribution >= 4 is 10.8 Å². The van der Waals surface area contributed by atoms with Gasteiger partial charge in [0.05, 0.1) is 6.10 Å². The Hall–Kier alpha value is 0.0700. The maximum atomic E-state index is 10.8. The van der Waals surface area contributed by atoms with Gasteiger partial charge in [-0.1, -0.05) is 6.92 Å². The van der Waals surface area contributed by atoms with Crippen LogP contribution in [0.15, 0.2) is 0 Å². The highest BCUT2D eigenvalue weighted by atomic mass is 32.2. The van der Waals surface area contributed by atoms with Gasteiger partial charge in [0.1, 0.15) is 0 Å². The summed E-state index contributed by atoms with van der Waals surface area (Å²) in [4.78, 5) is 0. The van der Waals surface area contributed by atoms with Gasteiger partial charge in [-0.15, -0.1) is 0 Å². The molecule has 12 heavy (non-hydrogen) atoms. The van der Waals surface area contributed by atoms with Gasteiger partial charge in [-0.2, -0.15) is 0 Å². The summed E-state index contributed by atoms with van der Waals surface area (Å²) in [7, 11) is -0.756. The Morgan fingerprint density at radius 1 is 1.58 bits per heavy atom. The average molecular weight is 193 g/mol. The van der Waals surface area contributed by atoms with Gasteiger partial charge in [-0.3, -0.25) is 4.21 Å². The smallest absolute Gasteiger partial charge is 0.0662 e. The third-order valence-corrected chi connectivity index (χ3v) is 2.63. The molecule has 0 aromatic heterocycles. The fraction of sp³-hybridized carbons (Fsp3) is 1.00. The third-order valence-electron chi connectivity index (χ3n) is 1.66. The molecule has 2 N–H and O–H groups in total. The number of aliphatic hydroxyl groups is 1. The van der Waals surface area contributed by atoms with Crippen molar-refractivity contribution in [2.75, 3.05) is 18.6 Å². The standard InChI is InChI=1S/C8H19NO2S/c1-4-8(10)5-9-7(2)6-12(3)11/h7-10H,4-6H2,1-3H3. The summed E-state index contributed by atoms with van der Waals surface area (Å²) in [5, 5.41) is 12.3. The lowest BCUT2D eigenvalue weighted by Crippen LogP contribution is -2.36. The Balaban J connectivity index is 3.43. The van der Waals surface area contributed by atoms with Crippen LogP contribution in [-0.4, -0.2) is 40.0 Å². The molecular formula is C8H19NO2S. The van der Waals surface area contributed by atoms with Gasteiger partial charge in [0.25, 0.3) is 0 Å². The van der Waals surface area contributed by atoms with E-state index in [0.29, 0.717) is 12.3 Å². The first-order chi connectivity index (χ1) is 5.56. The predicted octanol–water partition coefficient (Wildman–Crippen LogP) is 0.114. The monoisotopic (exact) mass is 193 g/mol. The van der Waals surface area contributed by atoms with Crippen LogP contribution in [0.1, 0.15) is 20.3 Å². The van der Waals surface area contributed by atoms with Crippen molar-refractivity contribution < 1.29 is 9.32 Å². The molecule has 74 valence electrons. The van der Waals surface area contributed by atoms with E-state index < -0.39 is 10.8 Å². The van der Waals surface area contributed by atoms with Crippen molar-refractivity contribution in [2.45, 2.75) is 32.4 Å². The molecule has 3 nitrogen and oxygen atoms in total. The minimum atomic E-state index is -0.756. The largest absolute Gasteiger partial charge is 0.392 e. The summed E-state index contributed by atoms with van der Waals surface area (Å²) < 4.78 is 10.8. The highest BCUT2D eigenvalue weighted by Crippen LogP contribution is 1.90. The Labute approximate surface area is 77.0 Å². The van der Waals surface area contributed by atoms with E-state index in [0.717, 1.165) is 6.42 Å². The summed E-state index contributed by atoms with van der Waals surface area (Å²) in [6.07, 6.45) is 2.17. The van der Waals surface area contributed by atoms with Gasteiger partial charge in [0, 0.05) is 35.4 Å². The lowest BCUT2D eigenvalue weighted by atomic mass is 10.2. The lowest BCUT2D eigenvalue weighted by Gasteiger charge is -2.14. The molecule has 0 saturated carbocycles. The molecule has 0 aliphatic heterocycles. The number of rotatable bonds is 6. The van der Waals surface area contributed by atoms with Crippen molar-refractivity contribution in [3.05, 3.63) is 0 Å². The van der Waals surface area contributed by atoms with Crippen LogP contribution in [0.5, 0.6) is 0 Å². The lowest BCUT2D eigenvalue weighted by molar-refractivity contribution is 0.164. The van der Waals surface area contributed by atoms with E-state index in [1.165, 1.54) is 0 Å². The highest BCUT2D eigenvalue weighted by molar-refractivity contribution is 7.84. The molecule has 0 rings (SSSR count). The van der Waals surface area contributed by atoms with E-state index in [4.69, 9.17) is 0 Å². The summed E-state index contributed by atoms with van der Waals surface area (Å²) in [5.41, 5.74) is 0. The quantitative estimate of drug-likeness (QED) is 0.629. The molecule has 0 saturated heterocycles. The minimum absolute atomic E-state index is 0.219. The first kappa shape index (κ1) is 12.1. The fourth-order valence-corrected chi connectivity index (χ4v) is 1.71. The number of hydrogen-bond donors (Lipinski definition) is 2. The first-order valence-electron chi connectivity index (χ1n) is 4.27. The van der Waals surface area contributed by atoms with Crippen LogP contribution in [0.3, 0.4) is 0 Å². The number of nitrogens with one attached hydrogen (secondary N) is 1. The van der Waals surface area contributed by atoms with Gasteiger partial charge in [-0.05, 0) is 13.3 Å². The van der Waals surface area contributed by atoms with Crippen LogP contribution < -0.4 is 5.32 Å². The Kier molecular flexibility index (Phi) is 6.61. The Bertz CT molecular complexity index is 141. The van der Waals surface area contributed by atoms with Crippen molar-refractivity contribution in [1.82, 2.24) is 5.32 Å². The maximum absolute atomic E-state index is 10.8. The van der Waals surface area contributed by atoms with E-state index in [1.54, 1.807) is 6.26 Å². The van der Waals surface area contributed by atoms with Crippen LogP contribution in [0.4, 0.5) is 0 Å². The van der Waals surface area contributed by atoms with Crippen molar-refractivity contribution in [1.29, 1.82) is 0 Å². The molecule has 0 aliphatic carbocycles. The predicted molar refractivity (Wildman–Crippen MR) is 52.7 cm³/mol. The van der Waals surface area contributed by atoms with E-state index in [9.17, 15) is 9.32 Å². The van der Waals surface area contributed by atoms with Gasteiger partial charge in [0.2, 0.25) is 0 Å². The van der Waals surface area contributed by atoms with Crippen molar-refractivity contribution in [3.63, 3.8) is 0 Å². The second-order valence-corrected chi connectivity index (χ2v) is 4.59. The zero-order valence-electron chi connectivity index (χ0n) is 8.04. The van der Waals surface area contributed by atoms with E-state index >= 15 is 0 Å². The SMILES string of the molecule is CCC(O)CNC(C)CS(C)=O. The molecule has 0 fully saturated rings. The van der Waals surface area contributed by atoms with Crippen LogP contribution in [0.2, 0.25) is 0 Å². The number of aliphatic hydroxyl groups excluding tert-OH is 1. The molecule has 0 heterocycles. The molecular weight excluding hydrogens is 174 g/mol. The zero-order valence-corrected chi connectivity index (χ0v) is 8.86. The van der Waals surface area contributed by atoms with Crippen LogP contribution in [0, 0.1) is 0 Å². The molecule has 0 aliphatic rings. The second kappa shape index (κ2) is 6.57. The summed E-state index contributed by atoms with van der Waals surface area (Å²) >= 11 is 0. The molecule has 0 bridgehead atoms. The number of hydrogen-bond acceptors (Lipinski definition) is 3. The molecule has 3 unspecified atom stereocenters. The van der Waals surface area contributed by atoms with E-state index in [-0.39, 0.29) is 12.1 Å². The van der Waals surface area contributed by atoms with Crippen LogP contribution >= 0.6 is 0 Å². The molecule has 0 spiro atoms. The van der Waals surface area contributed by atoms with Crippen molar-refractivity contribution in [2.24, 2.45) is 0 Å². The normalized spacial score (nSPS) is 18.7. The van der Waals surface area contributed by atoms with Crippen LogP contribution in [0.25, 0.3) is 0 Å². The molecule has 4 heteroatoms.